The van der Waals surface area contributed by atoms with Gasteiger partial charge in [0.15, 0.2) is 0 Å². The van der Waals surface area contributed by atoms with Crippen molar-refractivity contribution in [3.63, 3.8) is 0 Å². The van der Waals surface area contributed by atoms with Crippen molar-refractivity contribution in [2.45, 2.75) is 6.92 Å². The lowest BCUT2D eigenvalue weighted by Crippen LogP contribution is -1.75. The largest absolute Gasteiger partial charge is 0.523 e. The van der Waals surface area contributed by atoms with E-state index in [-0.39, 0.29) is 11.5 Å². The number of hydrogen-bond donors (Lipinski definition) is 1. The van der Waals surface area contributed by atoms with Crippen LogP contribution in [0.25, 0.3) is 4.85 Å². The van der Waals surface area contributed by atoms with E-state index in [1.807, 2.05) is 0 Å². The fourth-order valence-electron chi connectivity index (χ4n) is 0.187. The van der Waals surface area contributed by atoms with Gasteiger partial charge in [-0.2, -0.15) is 0 Å². The molecule has 0 atom stereocenters. The molecule has 0 aliphatic heterocycles. The SMILES string of the molecule is [C-]#[N+]/C(C#N)=C(/C)O. The van der Waals surface area contributed by atoms with Crippen LogP contribution in [-0.2, 0) is 0 Å². The van der Waals surface area contributed by atoms with Gasteiger partial charge in [0.25, 0.3) is 5.70 Å². The summed E-state index contributed by atoms with van der Waals surface area (Å²) < 4.78 is 0. The summed E-state index contributed by atoms with van der Waals surface area (Å²) >= 11 is 0. The van der Waals surface area contributed by atoms with Crippen molar-refractivity contribution in [2.75, 3.05) is 0 Å². The molecule has 0 amide bonds. The van der Waals surface area contributed by atoms with Gasteiger partial charge in [-0.1, -0.05) is 0 Å². The van der Waals surface area contributed by atoms with E-state index in [1.54, 1.807) is 0 Å². The van der Waals surface area contributed by atoms with Crippen molar-refractivity contribution in [3.8, 4) is 6.07 Å². The second-order valence-electron chi connectivity index (χ2n) is 1.16. The Morgan fingerprint density at radius 3 is 2.38 bits per heavy atom. The molecule has 0 saturated heterocycles. The van der Waals surface area contributed by atoms with E-state index in [1.165, 1.54) is 13.0 Å². The van der Waals surface area contributed by atoms with Crippen LogP contribution in [0.15, 0.2) is 11.5 Å². The number of nitriles is 1. The summed E-state index contributed by atoms with van der Waals surface area (Å²) in [5.74, 6) is -0.220. The smallest absolute Gasteiger partial charge is 0.298 e. The first-order valence-electron chi connectivity index (χ1n) is 1.89. The number of aliphatic hydroxyl groups is 1. The fourth-order valence-corrected chi connectivity index (χ4v) is 0.187. The maximum atomic E-state index is 8.46. The number of hydrogen-bond acceptors (Lipinski definition) is 2. The van der Waals surface area contributed by atoms with Gasteiger partial charge in [-0.25, -0.2) is 10.1 Å². The summed E-state index contributed by atoms with van der Waals surface area (Å²) in [6, 6.07) is 1.53. The Morgan fingerprint density at radius 1 is 1.88 bits per heavy atom. The van der Waals surface area contributed by atoms with Crippen LogP contribution in [0, 0.1) is 17.9 Å². The van der Waals surface area contributed by atoms with Crippen LogP contribution in [0.5, 0.6) is 0 Å². The highest BCUT2D eigenvalue weighted by Crippen LogP contribution is 1.98. The van der Waals surface area contributed by atoms with Gasteiger partial charge in [-0.05, 0) is 6.92 Å². The van der Waals surface area contributed by atoms with Crippen molar-refractivity contribution in [3.05, 3.63) is 22.9 Å². The minimum atomic E-state index is -0.245. The molecule has 3 nitrogen and oxygen atoms in total. The van der Waals surface area contributed by atoms with Crippen molar-refractivity contribution in [1.29, 1.82) is 5.26 Å². The lowest BCUT2D eigenvalue weighted by atomic mass is 10.4. The van der Waals surface area contributed by atoms with E-state index >= 15 is 0 Å². The van der Waals surface area contributed by atoms with Crippen LogP contribution < -0.4 is 0 Å². The molecule has 3 heteroatoms. The van der Waals surface area contributed by atoms with Crippen LogP contribution in [0.1, 0.15) is 6.92 Å². The third-order valence-corrected chi connectivity index (χ3v) is 0.560. The van der Waals surface area contributed by atoms with E-state index < -0.39 is 0 Å². The third-order valence-electron chi connectivity index (χ3n) is 0.560. The number of nitrogens with zero attached hydrogens (tertiary/aromatic N) is 2. The summed E-state index contributed by atoms with van der Waals surface area (Å²) in [6.45, 7) is 7.58. The van der Waals surface area contributed by atoms with Crippen LogP contribution in [0.4, 0.5) is 0 Å². The monoisotopic (exact) mass is 108 g/mol. The van der Waals surface area contributed by atoms with Crippen molar-refractivity contribution in [2.24, 2.45) is 0 Å². The first-order chi connectivity index (χ1) is 3.72. The lowest BCUT2D eigenvalue weighted by molar-refractivity contribution is 0.411. The van der Waals surface area contributed by atoms with Gasteiger partial charge in [0.2, 0.25) is 0 Å². The Labute approximate surface area is 47.3 Å². The van der Waals surface area contributed by atoms with Crippen molar-refractivity contribution in [1.82, 2.24) is 0 Å². The Hall–Kier alpha value is -1.48. The van der Waals surface area contributed by atoms with E-state index in [9.17, 15) is 0 Å². The second-order valence-corrected chi connectivity index (χ2v) is 1.16. The minimum Gasteiger partial charge on any atom is -0.523 e. The summed E-state index contributed by atoms with van der Waals surface area (Å²) in [7, 11) is 0. The maximum absolute atomic E-state index is 8.46. The molecule has 0 aromatic carbocycles. The maximum Gasteiger partial charge on any atom is 0.298 e. The van der Waals surface area contributed by atoms with Gasteiger partial charge < -0.3 is 5.11 Å². The molecule has 0 aliphatic carbocycles. The fraction of sp³-hybridized carbons (Fsp3) is 0.200. The summed E-state index contributed by atoms with van der Waals surface area (Å²) in [6.07, 6.45) is 0. The minimum absolute atomic E-state index is 0.220. The molecular formula is C5H4N2O. The van der Waals surface area contributed by atoms with E-state index in [2.05, 4.69) is 4.85 Å². The van der Waals surface area contributed by atoms with Gasteiger partial charge in [-0.15, -0.1) is 0 Å². The van der Waals surface area contributed by atoms with Gasteiger partial charge in [0.1, 0.15) is 5.76 Å². The zero-order valence-corrected chi connectivity index (χ0v) is 4.34. The summed E-state index contributed by atoms with van der Waals surface area (Å²) in [4.78, 5) is 2.72. The summed E-state index contributed by atoms with van der Waals surface area (Å²) in [5.41, 5.74) is -0.245. The van der Waals surface area contributed by atoms with Gasteiger partial charge in [0.05, 0.1) is 12.6 Å². The highest BCUT2D eigenvalue weighted by Gasteiger charge is 1.94. The number of rotatable bonds is 0. The highest BCUT2D eigenvalue weighted by atomic mass is 16.3. The molecule has 0 aromatic heterocycles. The van der Waals surface area contributed by atoms with Crippen molar-refractivity contribution < 1.29 is 5.11 Å². The lowest BCUT2D eigenvalue weighted by Gasteiger charge is -1.82. The van der Waals surface area contributed by atoms with E-state index in [0.717, 1.165) is 0 Å². The number of aliphatic hydroxyl groups excluding tert-OH is 1. The predicted octanol–water partition coefficient (Wildman–Crippen LogP) is 1.22. The van der Waals surface area contributed by atoms with Gasteiger partial charge in [-0.3, -0.25) is 0 Å². The molecule has 0 aliphatic rings. The molecule has 0 bridgehead atoms. The molecule has 0 rings (SSSR count). The molecule has 0 unspecified atom stereocenters. The Morgan fingerprint density at radius 2 is 2.38 bits per heavy atom. The Balaban J connectivity index is 4.47. The quantitative estimate of drug-likeness (QED) is 0.288. The molecule has 0 heterocycles. The average molecular weight is 108 g/mol. The Bertz CT molecular complexity index is 171. The summed E-state index contributed by atoms with van der Waals surface area (Å²) in [5, 5.41) is 16.5. The van der Waals surface area contributed by atoms with Crippen LogP contribution in [0.2, 0.25) is 0 Å². The molecule has 0 aromatic rings. The zero-order chi connectivity index (χ0) is 6.57. The standard InChI is InChI=1S/C5H4N2O/c1-4(8)5(3-6)7-2/h8H,1H3/b5-4-. The van der Waals surface area contributed by atoms with Crippen LogP contribution >= 0.6 is 0 Å². The average Bonchev–Trinajstić information content (AvgIpc) is 1.69. The third kappa shape index (κ3) is 1.32. The van der Waals surface area contributed by atoms with E-state index in [4.69, 9.17) is 16.9 Å². The van der Waals surface area contributed by atoms with Crippen molar-refractivity contribution >= 4 is 0 Å². The molecule has 8 heavy (non-hydrogen) atoms. The van der Waals surface area contributed by atoms with E-state index in [0.29, 0.717) is 0 Å². The van der Waals surface area contributed by atoms with Crippen LogP contribution in [0.3, 0.4) is 0 Å². The molecular weight excluding hydrogens is 104 g/mol. The normalized spacial score (nSPS) is 10.9. The molecule has 0 saturated carbocycles. The highest BCUT2D eigenvalue weighted by molar-refractivity contribution is 5.28. The second kappa shape index (κ2) is 2.65. The zero-order valence-electron chi connectivity index (χ0n) is 4.34. The molecule has 0 spiro atoms. The first kappa shape index (κ1) is 6.52. The molecule has 0 fully saturated rings. The molecule has 40 valence electrons. The first-order valence-corrected chi connectivity index (χ1v) is 1.89. The number of allylic oxidation sites excluding steroid dienone is 2. The van der Waals surface area contributed by atoms with Crippen LogP contribution in [-0.4, -0.2) is 5.11 Å². The molecule has 1 N–H and O–H groups in total. The predicted molar refractivity (Wildman–Crippen MR) is 27.5 cm³/mol. The molecule has 0 radical (unpaired) electrons. The topological polar surface area (TPSA) is 48.4 Å². The Kier molecular flexibility index (Phi) is 2.16. The van der Waals surface area contributed by atoms with Gasteiger partial charge >= 0.3 is 0 Å². The van der Waals surface area contributed by atoms with Gasteiger partial charge in [0, 0.05) is 0 Å².